The lowest BCUT2D eigenvalue weighted by Crippen LogP contribution is -2.35. The largest absolute Gasteiger partial charge is 0.348 e. The Bertz CT molecular complexity index is 308. The number of amides is 2. The van der Waals surface area contributed by atoms with E-state index < -0.39 is 11.8 Å². The number of anilines is 1. The van der Waals surface area contributed by atoms with E-state index in [1.54, 1.807) is 0 Å². The summed E-state index contributed by atoms with van der Waals surface area (Å²) in [6.45, 7) is 2.37. The van der Waals surface area contributed by atoms with Gasteiger partial charge in [-0.1, -0.05) is 6.92 Å². The standard InChI is InChI=1S/C7H11N5O2/c1-2-3-8-5(13)6(14)11-7-9-4-10-12-7/h4H,2-3H2,1H3,(H,8,13)(H2,9,10,11,12,14). The molecule has 0 saturated carbocycles. The number of aromatic amines is 1. The fourth-order valence-electron chi connectivity index (χ4n) is 0.749. The zero-order valence-electron chi connectivity index (χ0n) is 7.70. The number of hydrogen-bond acceptors (Lipinski definition) is 4. The maximum atomic E-state index is 11.1. The van der Waals surface area contributed by atoms with Crippen LogP contribution in [-0.4, -0.2) is 33.5 Å². The van der Waals surface area contributed by atoms with Crippen molar-refractivity contribution >= 4 is 17.8 Å². The first kappa shape index (κ1) is 10.2. The summed E-state index contributed by atoms with van der Waals surface area (Å²) in [5.74, 6) is -1.28. The van der Waals surface area contributed by atoms with Crippen molar-refractivity contribution in [2.45, 2.75) is 13.3 Å². The predicted octanol–water partition coefficient (Wildman–Crippen LogP) is -0.731. The lowest BCUT2D eigenvalue weighted by molar-refractivity contribution is -0.136. The van der Waals surface area contributed by atoms with Crippen LogP contribution in [0.4, 0.5) is 5.95 Å². The summed E-state index contributed by atoms with van der Waals surface area (Å²) in [5.41, 5.74) is 0. The fraction of sp³-hybridized carbons (Fsp3) is 0.429. The van der Waals surface area contributed by atoms with E-state index in [0.29, 0.717) is 6.54 Å². The molecule has 0 fully saturated rings. The van der Waals surface area contributed by atoms with Gasteiger partial charge in [-0.3, -0.25) is 14.9 Å². The van der Waals surface area contributed by atoms with Gasteiger partial charge in [0.05, 0.1) is 0 Å². The highest BCUT2D eigenvalue weighted by molar-refractivity contribution is 6.39. The Morgan fingerprint density at radius 1 is 1.50 bits per heavy atom. The van der Waals surface area contributed by atoms with E-state index in [-0.39, 0.29) is 5.95 Å². The highest BCUT2D eigenvalue weighted by atomic mass is 16.2. The summed E-state index contributed by atoms with van der Waals surface area (Å²) in [4.78, 5) is 25.8. The van der Waals surface area contributed by atoms with E-state index in [4.69, 9.17) is 0 Å². The third-order valence-electron chi connectivity index (χ3n) is 1.39. The number of H-pyrrole nitrogens is 1. The Morgan fingerprint density at radius 2 is 2.29 bits per heavy atom. The molecule has 1 heterocycles. The molecule has 7 heteroatoms. The van der Waals surface area contributed by atoms with E-state index in [1.165, 1.54) is 6.33 Å². The lowest BCUT2D eigenvalue weighted by atomic mass is 10.4. The first-order valence-corrected chi connectivity index (χ1v) is 4.18. The SMILES string of the molecule is CCCNC(=O)C(=O)Nc1ncn[nH]1. The molecule has 0 unspecified atom stereocenters. The van der Waals surface area contributed by atoms with Crippen LogP contribution in [-0.2, 0) is 9.59 Å². The number of aromatic nitrogens is 3. The van der Waals surface area contributed by atoms with Crippen LogP contribution in [0, 0.1) is 0 Å². The number of hydrogen-bond donors (Lipinski definition) is 3. The van der Waals surface area contributed by atoms with Crippen LogP contribution in [0.15, 0.2) is 6.33 Å². The maximum absolute atomic E-state index is 11.1. The molecular formula is C7H11N5O2. The van der Waals surface area contributed by atoms with Crippen molar-refractivity contribution in [3.05, 3.63) is 6.33 Å². The molecule has 0 saturated heterocycles. The Hall–Kier alpha value is -1.92. The molecule has 14 heavy (non-hydrogen) atoms. The summed E-state index contributed by atoms with van der Waals surface area (Å²) < 4.78 is 0. The topological polar surface area (TPSA) is 99.8 Å². The first-order chi connectivity index (χ1) is 6.74. The van der Waals surface area contributed by atoms with Crippen LogP contribution in [0.25, 0.3) is 0 Å². The molecular weight excluding hydrogens is 186 g/mol. The number of nitrogens with zero attached hydrogens (tertiary/aromatic N) is 2. The predicted molar refractivity (Wildman–Crippen MR) is 48.3 cm³/mol. The number of rotatable bonds is 3. The van der Waals surface area contributed by atoms with Gasteiger partial charge < -0.3 is 5.32 Å². The maximum Gasteiger partial charge on any atom is 0.316 e. The van der Waals surface area contributed by atoms with Gasteiger partial charge in [-0.05, 0) is 6.42 Å². The summed E-state index contributed by atoms with van der Waals surface area (Å²) in [7, 11) is 0. The molecule has 0 aliphatic carbocycles. The third kappa shape index (κ3) is 2.85. The van der Waals surface area contributed by atoms with Gasteiger partial charge in [-0.2, -0.15) is 10.1 Å². The number of carbonyl (C=O) groups is 2. The number of carbonyl (C=O) groups excluding carboxylic acids is 2. The monoisotopic (exact) mass is 197 g/mol. The minimum Gasteiger partial charge on any atom is -0.348 e. The van der Waals surface area contributed by atoms with Gasteiger partial charge >= 0.3 is 11.8 Å². The summed E-state index contributed by atoms with van der Waals surface area (Å²) >= 11 is 0. The van der Waals surface area contributed by atoms with Crippen LogP contribution in [0.3, 0.4) is 0 Å². The second-order valence-corrected chi connectivity index (χ2v) is 2.54. The molecule has 0 atom stereocenters. The molecule has 0 aliphatic heterocycles. The third-order valence-corrected chi connectivity index (χ3v) is 1.39. The van der Waals surface area contributed by atoms with E-state index in [9.17, 15) is 9.59 Å². The molecule has 76 valence electrons. The summed E-state index contributed by atoms with van der Waals surface area (Å²) in [6, 6.07) is 0. The Morgan fingerprint density at radius 3 is 2.86 bits per heavy atom. The van der Waals surface area contributed by atoms with Crippen molar-refractivity contribution in [2.24, 2.45) is 0 Å². The zero-order chi connectivity index (χ0) is 10.4. The highest BCUT2D eigenvalue weighted by Crippen LogP contribution is 1.91. The normalized spacial score (nSPS) is 9.50. The van der Waals surface area contributed by atoms with Crippen LogP contribution < -0.4 is 10.6 Å². The van der Waals surface area contributed by atoms with Crippen molar-refractivity contribution < 1.29 is 9.59 Å². The van der Waals surface area contributed by atoms with Crippen molar-refractivity contribution in [2.75, 3.05) is 11.9 Å². The summed E-state index contributed by atoms with van der Waals surface area (Å²) in [5, 5.41) is 10.6. The molecule has 0 aliphatic rings. The second-order valence-electron chi connectivity index (χ2n) is 2.54. The van der Waals surface area contributed by atoms with Gasteiger partial charge in [0, 0.05) is 6.54 Å². The quantitative estimate of drug-likeness (QED) is 0.556. The van der Waals surface area contributed by atoms with Gasteiger partial charge in [-0.25, -0.2) is 5.10 Å². The van der Waals surface area contributed by atoms with Crippen LogP contribution in [0.2, 0.25) is 0 Å². The Balaban J connectivity index is 2.38. The van der Waals surface area contributed by atoms with Crippen LogP contribution in [0.5, 0.6) is 0 Å². The first-order valence-electron chi connectivity index (χ1n) is 4.18. The van der Waals surface area contributed by atoms with Crippen LogP contribution in [0.1, 0.15) is 13.3 Å². The van der Waals surface area contributed by atoms with E-state index >= 15 is 0 Å². The van der Waals surface area contributed by atoms with Gasteiger partial charge in [0.1, 0.15) is 6.33 Å². The lowest BCUT2D eigenvalue weighted by Gasteiger charge is -2.01. The van der Waals surface area contributed by atoms with Gasteiger partial charge in [0.15, 0.2) is 0 Å². The Kier molecular flexibility index (Phi) is 3.59. The molecule has 3 N–H and O–H groups in total. The molecule has 2 amide bonds. The average Bonchev–Trinajstić information content (AvgIpc) is 2.66. The van der Waals surface area contributed by atoms with Gasteiger partial charge in [-0.15, -0.1) is 0 Å². The number of nitrogens with one attached hydrogen (secondary N) is 3. The van der Waals surface area contributed by atoms with Crippen molar-refractivity contribution in [3.63, 3.8) is 0 Å². The molecule has 0 radical (unpaired) electrons. The van der Waals surface area contributed by atoms with Crippen molar-refractivity contribution in [3.8, 4) is 0 Å². The highest BCUT2D eigenvalue weighted by Gasteiger charge is 2.13. The molecule has 1 aromatic rings. The Labute approximate surface area is 80.3 Å². The second kappa shape index (κ2) is 4.95. The molecule has 7 nitrogen and oxygen atoms in total. The molecule has 0 spiro atoms. The summed E-state index contributed by atoms with van der Waals surface area (Å²) in [6.07, 6.45) is 2.01. The molecule has 0 bridgehead atoms. The van der Waals surface area contributed by atoms with E-state index in [2.05, 4.69) is 25.8 Å². The molecule has 1 rings (SSSR count). The van der Waals surface area contributed by atoms with E-state index in [1.807, 2.05) is 6.92 Å². The van der Waals surface area contributed by atoms with Crippen molar-refractivity contribution in [1.29, 1.82) is 0 Å². The average molecular weight is 197 g/mol. The smallest absolute Gasteiger partial charge is 0.316 e. The van der Waals surface area contributed by atoms with Crippen molar-refractivity contribution in [1.82, 2.24) is 20.5 Å². The minimum absolute atomic E-state index is 0.154. The fourth-order valence-corrected chi connectivity index (χ4v) is 0.749. The molecule has 0 aromatic carbocycles. The van der Waals surface area contributed by atoms with Gasteiger partial charge in [0.25, 0.3) is 0 Å². The molecule has 1 aromatic heterocycles. The van der Waals surface area contributed by atoms with Crippen LogP contribution >= 0.6 is 0 Å². The van der Waals surface area contributed by atoms with E-state index in [0.717, 1.165) is 6.42 Å². The minimum atomic E-state index is -0.754. The van der Waals surface area contributed by atoms with Gasteiger partial charge in [0.2, 0.25) is 5.95 Å². The zero-order valence-corrected chi connectivity index (χ0v) is 7.70.